The number of H-pyrrole nitrogens is 1. The number of urea groups is 1. The van der Waals surface area contributed by atoms with E-state index in [-0.39, 0.29) is 18.7 Å². The summed E-state index contributed by atoms with van der Waals surface area (Å²) in [7, 11) is 0. The van der Waals surface area contributed by atoms with E-state index in [1.165, 1.54) is 0 Å². The maximum absolute atomic E-state index is 11.8. The Morgan fingerprint density at radius 3 is 3.31 bits per heavy atom. The zero-order chi connectivity index (χ0) is 11.4. The van der Waals surface area contributed by atoms with Gasteiger partial charge in [0.15, 0.2) is 0 Å². The lowest BCUT2D eigenvalue weighted by atomic mass is 10.2. The molecule has 2 amide bonds. The lowest BCUT2D eigenvalue weighted by Crippen LogP contribution is -2.43. The molecule has 1 atom stereocenters. The number of rotatable bonds is 3. The van der Waals surface area contributed by atoms with Gasteiger partial charge in [-0.05, 0) is 18.9 Å². The average Bonchev–Trinajstić information content (AvgIpc) is 2.96. The molecule has 1 fully saturated rings. The number of nitrogens with zero attached hydrogens (tertiary/aromatic N) is 2. The highest BCUT2D eigenvalue weighted by Gasteiger charge is 2.27. The molecule has 16 heavy (non-hydrogen) atoms. The molecular weight excluding hydrogens is 208 g/mol. The van der Waals surface area contributed by atoms with Gasteiger partial charge in [0.2, 0.25) is 0 Å². The Hall–Kier alpha value is -1.56. The maximum Gasteiger partial charge on any atom is 0.318 e. The Labute approximate surface area is 93.6 Å². The Bertz CT molecular complexity index is 339. The van der Waals surface area contributed by atoms with Crippen LogP contribution < -0.4 is 5.32 Å². The summed E-state index contributed by atoms with van der Waals surface area (Å²) < 4.78 is 0. The van der Waals surface area contributed by atoms with Crippen LogP contribution in [0.2, 0.25) is 0 Å². The van der Waals surface area contributed by atoms with Gasteiger partial charge in [-0.3, -0.25) is 5.10 Å². The third-order valence-corrected chi connectivity index (χ3v) is 2.84. The van der Waals surface area contributed by atoms with Crippen LogP contribution in [0, 0.1) is 0 Å². The first-order valence-electron chi connectivity index (χ1n) is 5.45. The lowest BCUT2D eigenvalue weighted by Gasteiger charge is -2.23. The standard InChI is InChI=1S/C10H16N4O2/c15-7-9-2-1-5-14(9)10(16)11-6-8-3-4-12-13-8/h3-4,9,15H,1-2,5-7H2,(H,11,16)(H,12,13)/t9-/m0/s1. The Kier molecular flexibility index (Phi) is 3.40. The van der Waals surface area contributed by atoms with Crippen LogP contribution >= 0.6 is 0 Å². The van der Waals surface area contributed by atoms with Gasteiger partial charge >= 0.3 is 6.03 Å². The zero-order valence-electron chi connectivity index (χ0n) is 9.02. The largest absolute Gasteiger partial charge is 0.394 e. The van der Waals surface area contributed by atoms with Crippen LogP contribution in [0.5, 0.6) is 0 Å². The topological polar surface area (TPSA) is 81.2 Å². The van der Waals surface area contributed by atoms with Crippen molar-refractivity contribution in [2.24, 2.45) is 0 Å². The number of likely N-dealkylation sites (tertiary alicyclic amines) is 1. The number of aromatic amines is 1. The van der Waals surface area contributed by atoms with Gasteiger partial charge in [-0.15, -0.1) is 0 Å². The van der Waals surface area contributed by atoms with E-state index in [0.717, 1.165) is 25.1 Å². The van der Waals surface area contributed by atoms with Crippen molar-refractivity contribution in [2.75, 3.05) is 13.2 Å². The van der Waals surface area contributed by atoms with Gasteiger partial charge in [0, 0.05) is 12.7 Å². The summed E-state index contributed by atoms with van der Waals surface area (Å²) in [6.07, 6.45) is 3.49. The van der Waals surface area contributed by atoms with Crippen molar-refractivity contribution in [1.29, 1.82) is 0 Å². The van der Waals surface area contributed by atoms with E-state index in [2.05, 4.69) is 15.5 Å². The van der Waals surface area contributed by atoms with Crippen molar-refractivity contribution < 1.29 is 9.90 Å². The van der Waals surface area contributed by atoms with Gasteiger partial charge < -0.3 is 15.3 Å². The number of carbonyl (C=O) groups is 1. The number of nitrogens with one attached hydrogen (secondary N) is 2. The highest BCUT2D eigenvalue weighted by molar-refractivity contribution is 5.74. The molecule has 0 bridgehead atoms. The molecule has 2 rings (SSSR count). The summed E-state index contributed by atoms with van der Waals surface area (Å²) in [4.78, 5) is 13.5. The van der Waals surface area contributed by atoms with Crippen LogP contribution in [0.1, 0.15) is 18.5 Å². The fourth-order valence-corrected chi connectivity index (χ4v) is 1.95. The van der Waals surface area contributed by atoms with E-state index < -0.39 is 0 Å². The van der Waals surface area contributed by atoms with Gasteiger partial charge in [0.25, 0.3) is 0 Å². The molecule has 6 heteroatoms. The molecule has 0 radical (unpaired) electrons. The molecule has 1 aliphatic heterocycles. The predicted octanol–water partition coefficient (Wildman–Crippen LogP) is 0.0760. The molecule has 6 nitrogen and oxygen atoms in total. The molecule has 1 aliphatic rings. The molecule has 1 aromatic heterocycles. The first-order chi connectivity index (χ1) is 7.81. The quantitative estimate of drug-likeness (QED) is 0.680. The number of carbonyl (C=O) groups excluding carboxylic acids is 1. The van der Waals surface area contributed by atoms with E-state index in [1.807, 2.05) is 6.07 Å². The van der Waals surface area contributed by atoms with Gasteiger partial charge in [0.05, 0.1) is 24.9 Å². The molecule has 1 aromatic rings. The van der Waals surface area contributed by atoms with E-state index in [4.69, 9.17) is 5.11 Å². The number of amides is 2. The number of aliphatic hydroxyl groups is 1. The summed E-state index contributed by atoms with van der Waals surface area (Å²) in [5.74, 6) is 0. The van der Waals surface area contributed by atoms with E-state index in [9.17, 15) is 4.79 Å². The minimum atomic E-state index is -0.119. The van der Waals surface area contributed by atoms with Gasteiger partial charge in [-0.2, -0.15) is 5.10 Å². The summed E-state index contributed by atoms with van der Waals surface area (Å²) >= 11 is 0. The fourth-order valence-electron chi connectivity index (χ4n) is 1.95. The molecule has 1 saturated heterocycles. The molecule has 0 aliphatic carbocycles. The smallest absolute Gasteiger partial charge is 0.318 e. The summed E-state index contributed by atoms with van der Waals surface area (Å²) in [5.41, 5.74) is 0.869. The molecule has 0 unspecified atom stereocenters. The second-order valence-corrected chi connectivity index (χ2v) is 3.91. The van der Waals surface area contributed by atoms with Crippen LogP contribution in [-0.2, 0) is 6.54 Å². The Balaban J connectivity index is 1.83. The van der Waals surface area contributed by atoms with Gasteiger partial charge in [-0.25, -0.2) is 4.79 Å². The minimum absolute atomic E-state index is 0.0261. The monoisotopic (exact) mass is 224 g/mol. The SMILES string of the molecule is O=C(NCc1ccn[nH]1)N1CCC[C@H]1CO. The molecule has 0 aromatic carbocycles. The van der Waals surface area contributed by atoms with Crippen molar-refractivity contribution in [3.63, 3.8) is 0 Å². The number of aromatic nitrogens is 2. The molecule has 0 saturated carbocycles. The molecule has 2 heterocycles. The van der Waals surface area contributed by atoms with Crippen molar-refractivity contribution in [3.05, 3.63) is 18.0 Å². The van der Waals surface area contributed by atoms with Crippen LogP contribution in [0.4, 0.5) is 4.79 Å². The van der Waals surface area contributed by atoms with Crippen molar-refractivity contribution in [2.45, 2.75) is 25.4 Å². The molecular formula is C10H16N4O2. The second-order valence-electron chi connectivity index (χ2n) is 3.91. The first-order valence-corrected chi connectivity index (χ1v) is 5.45. The van der Waals surface area contributed by atoms with E-state index in [0.29, 0.717) is 6.54 Å². The molecule has 88 valence electrons. The summed E-state index contributed by atoms with van der Waals surface area (Å²) in [5, 5.41) is 18.5. The van der Waals surface area contributed by atoms with Crippen LogP contribution in [0.3, 0.4) is 0 Å². The normalized spacial score (nSPS) is 20.1. The summed E-state index contributed by atoms with van der Waals surface area (Å²) in [6, 6.07) is 1.67. The van der Waals surface area contributed by atoms with E-state index in [1.54, 1.807) is 11.1 Å². The molecule has 3 N–H and O–H groups in total. The Morgan fingerprint density at radius 2 is 2.62 bits per heavy atom. The van der Waals surface area contributed by atoms with Crippen LogP contribution in [0.15, 0.2) is 12.3 Å². The highest BCUT2D eigenvalue weighted by atomic mass is 16.3. The number of aliphatic hydroxyl groups excluding tert-OH is 1. The third-order valence-electron chi connectivity index (χ3n) is 2.84. The van der Waals surface area contributed by atoms with Crippen molar-refractivity contribution >= 4 is 6.03 Å². The van der Waals surface area contributed by atoms with Crippen molar-refractivity contribution in [3.8, 4) is 0 Å². The van der Waals surface area contributed by atoms with Gasteiger partial charge in [0.1, 0.15) is 0 Å². The van der Waals surface area contributed by atoms with Crippen molar-refractivity contribution in [1.82, 2.24) is 20.4 Å². The highest BCUT2D eigenvalue weighted by Crippen LogP contribution is 2.16. The molecule has 0 spiro atoms. The van der Waals surface area contributed by atoms with Gasteiger partial charge in [-0.1, -0.05) is 0 Å². The van der Waals surface area contributed by atoms with Crippen LogP contribution in [0.25, 0.3) is 0 Å². The van der Waals surface area contributed by atoms with Crippen LogP contribution in [-0.4, -0.2) is 45.4 Å². The first kappa shape index (κ1) is 10.9. The second kappa shape index (κ2) is 4.98. The number of hydrogen-bond acceptors (Lipinski definition) is 3. The third kappa shape index (κ3) is 2.33. The predicted molar refractivity (Wildman–Crippen MR) is 57.6 cm³/mol. The van der Waals surface area contributed by atoms with E-state index >= 15 is 0 Å². The zero-order valence-corrected chi connectivity index (χ0v) is 9.02. The minimum Gasteiger partial charge on any atom is -0.394 e. The maximum atomic E-state index is 11.8. The lowest BCUT2D eigenvalue weighted by molar-refractivity contribution is 0.157. The Morgan fingerprint density at radius 1 is 1.75 bits per heavy atom. The fraction of sp³-hybridized carbons (Fsp3) is 0.600. The number of hydrogen-bond donors (Lipinski definition) is 3. The summed E-state index contributed by atoms with van der Waals surface area (Å²) in [6.45, 7) is 1.20. The average molecular weight is 224 g/mol.